The number of fused-ring (bicyclic) bond motifs is 1. The van der Waals surface area contributed by atoms with Crippen LogP contribution in [0.5, 0.6) is 0 Å². The summed E-state index contributed by atoms with van der Waals surface area (Å²) in [7, 11) is 0. The van der Waals surface area contributed by atoms with E-state index in [1.165, 1.54) is 39.7 Å². The van der Waals surface area contributed by atoms with E-state index in [0.717, 1.165) is 4.57 Å². The first-order valence-electron chi connectivity index (χ1n) is 10.8. The highest BCUT2D eigenvalue weighted by atomic mass is 19.1. The van der Waals surface area contributed by atoms with Gasteiger partial charge in [0.15, 0.2) is 16.9 Å². The standard InChI is InChI=1S/C25H22FN5O3/c1-16(2)11-12-30-24(33)22-23(31(25(30)34)20-9-7-19(26)8-10-20)28-15-29(22)14-21(32)18-5-3-17(13-27)4-6-18/h3-10,15-16H,11-12,14H2,1-2H3. The van der Waals surface area contributed by atoms with Crippen LogP contribution in [0, 0.1) is 23.1 Å². The first-order valence-corrected chi connectivity index (χ1v) is 10.8. The highest BCUT2D eigenvalue weighted by Crippen LogP contribution is 2.15. The van der Waals surface area contributed by atoms with Gasteiger partial charge in [-0.15, -0.1) is 0 Å². The van der Waals surface area contributed by atoms with Gasteiger partial charge in [-0.2, -0.15) is 5.26 Å². The SMILES string of the molecule is CC(C)CCn1c(=O)c2c(ncn2CC(=O)c2ccc(C#N)cc2)n(-c2ccc(F)cc2)c1=O. The van der Waals surface area contributed by atoms with Gasteiger partial charge in [0.05, 0.1) is 30.2 Å². The second kappa shape index (κ2) is 9.27. The summed E-state index contributed by atoms with van der Waals surface area (Å²) in [6, 6.07) is 13.5. The molecule has 34 heavy (non-hydrogen) atoms. The van der Waals surface area contributed by atoms with Gasteiger partial charge in [0.1, 0.15) is 5.82 Å². The molecular weight excluding hydrogens is 437 g/mol. The van der Waals surface area contributed by atoms with E-state index in [9.17, 15) is 18.8 Å². The Morgan fingerprint density at radius 1 is 1.09 bits per heavy atom. The van der Waals surface area contributed by atoms with Crippen molar-refractivity contribution in [3.8, 4) is 11.8 Å². The molecule has 0 radical (unpaired) electrons. The summed E-state index contributed by atoms with van der Waals surface area (Å²) in [5, 5.41) is 8.95. The van der Waals surface area contributed by atoms with E-state index in [1.807, 2.05) is 19.9 Å². The van der Waals surface area contributed by atoms with Gasteiger partial charge in [-0.25, -0.2) is 18.7 Å². The molecule has 2 aromatic heterocycles. The first-order chi connectivity index (χ1) is 16.3. The number of benzene rings is 2. The smallest absolute Gasteiger partial charge is 0.317 e. The largest absolute Gasteiger partial charge is 0.337 e. The summed E-state index contributed by atoms with van der Waals surface area (Å²) >= 11 is 0. The van der Waals surface area contributed by atoms with E-state index < -0.39 is 17.1 Å². The zero-order valence-electron chi connectivity index (χ0n) is 18.7. The zero-order chi connectivity index (χ0) is 24.4. The van der Waals surface area contributed by atoms with Crippen molar-refractivity contribution in [3.05, 3.63) is 92.6 Å². The predicted octanol–water partition coefficient (Wildman–Crippen LogP) is 3.29. The van der Waals surface area contributed by atoms with Crippen molar-refractivity contribution in [1.29, 1.82) is 5.26 Å². The fourth-order valence-corrected chi connectivity index (χ4v) is 3.68. The molecule has 9 heteroatoms. The number of imidazole rings is 1. The Balaban J connectivity index is 1.86. The number of halogens is 1. The van der Waals surface area contributed by atoms with Crippen molar-refractivity contribution < 1.29 is 9.18 Å². The molecule has 0 saturated carbocycles. The molecule has 0 fully saturated rings. The van der Waals surface area contributed by atoms with Crippen molar-refractivity contribution in [2.45, 2.75) is 33.4 Å². The third-order valence-corrected chi connectivity index (χ3v) is 5.56. The number of Topliss-reactive ketones (excluding diaryl/α,β-unsaturated/α-hetero) is 1. The molecule has 4 rings (SSSR count). The van der Waals surface area contributed by atoms with E-state index in [1.54, 1.807) is 24.3 Å². The Kier molecular flexibility index (Phi) is 6.23. The second-order valence-electron chi connectivity index (χ2n) is 8.39. The van der Waals surface area contributed by atoms with Crippen LogP contribution in [0.25, 0.3) is 16.9 Å². The average Bonchev–Trinajstić information content (AvgIpc) is 3.23. The summed E-state index contributed by atoms with van der Waals surface area (Å²) < 4.78 is 17.3. The Hall–Kier alpha value is -4.32. The summed E-state index contributed by atoms with van der Waals surface area (Å²) in [4.78, 5) is 43.8. The number of carbonyl (C=O) groups is 1. The minimum atomic E-state index is -0.576. The van der Waals surface area contributed by atoms with Crippen LogP contribution in [0.4, 0.5) is 4.39 Å². The summed E-state index contributed by atoms with van der Waals surface area (Å²) in [5.74, 6) is -0.486. The lowest BCUT2D eigenvalue weighted by Crippen LogP contribution is -2.40. The Morgan fingerprint density at radius 3 is 2.38 bits per heavy atom. The van der Waals surface area contributed by atoms with E-state index in [-0.39, 0.29) is 36.0 Å². The molecule has 172 valence electrons. The molecule has 0 atom stereocenters. The molecular formula is C25H22FN5O3. The monoisotopic (exact) mass is 459 g/mol. The van der Waals surface area contributed by atoms with Gasteiger partial charge in [-0.1, -0.05) is 26.0 Å². The molecule has 0 aliphatic carbocycles. The lowest BCUT2D eigenvalue weighted by atomic mass is 10.1. The van der Waals surface area contributed by atoms with Crippen LogP contribution in [0.1, 0.15) is 36.2 Å². The highest BCUT2D eigenvalue weighted by molar-refractivity contribution is 5.96. The van der Waals surface area contributed by atoms with Crippen molar-refractivity contribution in [2.75, 3.05) is 0 Å². The van der Waals surface area contributed by atoms with Crippen LogP contribution in [-0.2, 0) is 13.1 Å². The Morgan fingerprint density at radius 2 is 1.76 bits per heavy atom. The maximum absolute atomic E-state index is 13.5. The lowest BCUT2D eigenvalue weighted by Gasteiger charge is -2.13. The Labute approximate surface area is 194 Å². The predicted molar refractivity (Wildman–Crippen MR) is 124 cm³/mol. The molecule has 0 saturated heterocycles. The fraction of sp³-hybridized carbons (Fsp3) is 0.240. The van der Waals surface area contributed by atoms with E-state index in [0.29, 0.717) is 23.2 Å². The quantitative estimate of drug-likeness (QED) is 0.395. The minimum Gasteiger partial charge on any atom is -0.317 e. The molecule has 0 amide bonds. The highest BCUT2D eigenvalue weighted by Gasteiger charge is 2.21. The molecule has 0 aliphatic heterocycles. The third kappa shape index (κ3) is 4.30. The molecule has 0 N–H and O–H groups in total. The van der Waals surface area contributed by atoms with Crippen LogP contribution in [0.3, 0.4) is 0 Å². The summed E-state index contributed by atoms with van der Waals surface area (Å²) in [6.45, 7) is 4.00. The van der Waals surface area contributed by atoms with Gasteiger partial charge < -0.3 is 4.57 Å². The van der Waals surface area contributed by atoms with Gasteiger partial charge >= 0.3 is 5.69 Å². The van der Waals surface area contributed by atoms with Gasteiger partial charge in [-0.3, -0.25) is 14.2 Å². The normalized spacial score (nSPS) is 11.1. The maximum atomic E-state index is 13.5. The van der Waals surface area contributed by atoms with E-state index in [2.05, 4.69) is 4.98 Å². The molecule has 0 aliphatic rings. The minimum absolute atomic E-state index is 0.0926. The van der Waals surface area contributed by atoms with E-state index in [4.69, 9.17) is 5.26 Å². The number of rotatable bonds is 7. The molecule has 2 heterocycles. The topological polar surface area (TPSA) is 103 Å². The molecule has 8 nitrogen and oxygen atoms in total. The van der Waals surface area contributed by atoms with Crippen molar-refractivity contribution in [2.24, 2.45) is 5.92 Å². The fourth-order valence-electron chi connectivity index (χ4n) is 3.68. The number of nitrogens with zero attached hydrogens (tertiary/aromatic N) is 5. The zero-order valence-corrected chi connectivity index (χ0v) is 18.7. The van der Waals surface area contributed by atoms with Gasteiger partial charge in [0.25, 0.3) is 5.56 Å². The van der Waals surface area contributed by atoms with Crippen LogP contribution >= 0.6 is 0 Å². The van der Waals surface area contributed by atoms with Crippen LogP contribution in [-0.4, -0.2) is 24.5 Å². The summed E-state index contributed by atoms with van der Waals surface area (Å²) in [6.07, 6.45) is 1.95. The lowest BCUT2D eigenvalue weighted by molar-refractivity contribution is 0.0973. The first kappa shape index (κ1) is 22.9. The van der Waals surface area contributed by atoms with E-state index >= 15 is 0 Å². The van der Waals surface area contributed by atoms with Crippen LogP contribution in [0.2, 0.25) is 0 Å². The van der Waals surface area contributed by atoms with Crippen molar-refractivity contribution >= 4 is 16.9 Å². The van der Waals surface area contributed by atoms with Crippen molar-refractivity contribution in [3.63, 3.8) is 0 Å². The molecule has 0 unspecified atom stereocenters. The van der Waals surface area contributed by atoms with Crippen LogP contribution in [0.15, 0.2) is 64.4 Å². The maximum Gasteiger partial charge on any atom is 0.337 e. The number of aromatic nitrogens is 4. The Bertz CT molecular complexity index is 1520. The van der Waals surface area contributed by atoms with Crippen LogP contribution < -0.4 is 11.2 Å². The van der Waals surface area contributed by atoms with Gasteiger partial charge in [-0.05, 0) is 48.7 Å². The van der Waals surface area contributed by atoms with Gasteiger partial charge in [0.2, 0.25) is 0 Å². The second-order valence-corrected chi connectivity index (χ2v) is 8.39. The molecule has 2 aromatic carbocycles. The summed E-state index contributed by atoms with van der Waals surface area (Å²) in [5.41, 5.74) is 0.259. The number of carbonyl (C=O) groups excluding carboxylic acids is 1. The molecule has 4 aromatic rings. The van der Waals surface area contributed by atoms with Crippen molar-refractivity contribution in [1.82, 2.24) is 18.7 Å². The number of hydrogen-bond acceptors (Lipinski definition) is 5. The number of nitriles is 1. The average molecular weight is 459 g/mol. The molecule has 0 bridgehead atoms. The third-order valence-electron chi connectivity index (χ3n) is 5.56. The van der Waals surface area contributed by atoms with Gasteiger partial charge in [0, 0.05) is 12.1 Å². The molecule has 0 spiro atoms. The number of hydrogen-bond donors (Lipinski definition) is 0. The number of ketones is 1.